The molecule has 0 atom stereocenters. The summed E-state index contributed by atoms with van der Waals surface area (Å²) >= 11 is 0. The highest BCUT2D eigenvalue weighted by atomic mass is 32.2. The monoisotopic (exact) mass is 448 g/mol. The fourth-order valence-corrected chi connectivity index (χ4v) is 3.42. The van der Waals surface area contributed by atoms with E-state index in [1.54, 1.807) is 42.5 Å². The molecule has 11 heteroatoms. The third-order valence-corrected chi connectivity index (χ3v) is 5.81. The van der Waals surface area contributed by atoms with Crippen LogP contribution in [-0.2, 0) is 24.4 Å². The average molecular weight is 449 g/mol. The summed E-state index contributed by atoms with van der Waals surface area (Å²) in [6.45, 7) is 0.656. The van der Waals surface area contributed by atoms with Gasteiger partial charge in [0.1, 0.15) is 5.75 Å². The molecule has 0 fully saturated rings. The van der Waals surface area contributed by atoms with Crippen LogP contribution in [0.3, 0.4) is 0 Å². The lowest BCUT2D eigenvalue weighted by Crippen LogP contribution is -2.49. The molecule has 0 heterocycles. The largest absolute Gasteiger partial charge is 0.484 e. The van der Waals surface area contributed by atoms with Crippen molar-refractivity contribution in [2.75, 3.05) is 26.7 Å². The van der Waals surface area contributed by atoms with Crippen LogP contribution in [0.25, 0.3) is 0 Å². The van der Waals surface area contributed by atoms with Crippen LogP contribution in [-0.4, -0.2) is 57.2 Å². The molecule has 3 N–H and O–H groups in total. The molecule has 31 heavy (non-hydrogen) atoms. The Hall–Kier alpha value is -3.44. The first-order valence-electron chi connectivity index (χ1n) is 9.23. The van der Waals surface area contributed by atoms with Gasteiger partial charge in [-0.2, -0.15) is 4.31 Å². The Morgan fingerprint density at radius 3 is 2.16 bits per heavy atom. The molecular formula is C20H24N4O6S. The Morgan fingerprint density at radius 1 is 0.903 bits per heavy atom. The molecule has 0 unspecified atom stereocenters. The predicted molar refractivity (Wildman–Crippen MR) is 112 cm³/mol. The van der Waals surface area contributed by atoms with Crippen molar-refractivity contribution in [1.82, 2.24) is 20.5 Å². The molecule has 0 aromatic heterocycles. The molecule has 2 aromatic carbocycles. The van der Waals surface area contributed by atoms with Gasteiger partial charge in [-0.25, -0.2) is 8.42 Å². The Bertz CT molecular complexity index is 1010. The molecule has 0 saturated carbocycles. The first kappa shape index (κ1) is 23.8. The van der Waals surface area contributed by atoms with E-state index < -0.39 is 40.8 Å². The van der Waals surface area contributed by atoms with Gasteiger partial charge in [0, 0.05) is 7.05 Å². The highest BCUT2D eigenvalue weighted by Gasteiger charge is 2.23. The van der Waals surface area contributed by atoms with Crippen molar-refractivity contribution in [3.8, 4) is 5.75 Å². The number of hydrogen-bond acceptors (Lipinski definition) is 6. The van der Waals surface area contributed by atoms with Gasteiger partial charge >= 0.3 is 0 Å². The van der Waals surface area contributed by atoms with Crippen LogP contribution in [0.15, 0.2) is 59.5 Å². The Balaban J connectivity index is 1.70. The van der Waals surface area contributed by atoms with Crippen LogP contribution in [0, 0.1) is 6.92 Å². The molecule has 0 radical (unpaired) electrons. The van der Waals surface area contributed by atoms with Crippen LogP contribution in [0.2, 0.25) is 0 Å². The van der Waals surface area contributed by atoms with Crippen molar-refractivity contribution in [1.29, 1.82) is 0 Å². The maximum atomic E-state index is 12.5. The molecule has 0 bridgehead atoms. The van der Waals surface area contributed by atoms with Gasteiger partial charge in [-0.1, -0.05) is 35.9 Å². The number of likely N-dealkylation sites (N-methyl/N-ethyl adjacent to an activating group) is 1. The number of hydrogen-bond donors (Lipinski definition) is 3. The second kappa shape index (κ2) is 11.1. The zero-order valence-corrected chi connectivity index (χ0v) is 17.9. The average Bonchev–Trinajstić information content (AvgIpc) is 2.75. The zero-order valence-electron chi connectivity index (χ0n) is 17.1. The molecule has 3 amide bonds. The molecule has 0 spiro atoms. The number of benzene rings is 2. The lowest BCUT2D eigenvalue weighted by Gasteiger charge is -2.17. The molecule has 166 valence electrons. The van der Waals surface area contributed by atoms with Gasteiger partial charge in [0.25, 0.3) is 17.7 Å². The lowest BCUT2D eigenvalue weighted by molar-refractivity contribution is -0.130. The standard InChI is InChI=1S/C20H24N4O6S/c1-15-8-10-17(11-9-15)31(28,29)24(2)13-19(26)23-22-18(25)12-21-20(27)14-30-16-6-4-3-5-7-16/h3-11H,12-14H2,1-2H3,(H,21,27)(H,22,25)(H,23,26). The Morgan fingerprint density at radius 2 is 1.52 bits per heavy atom. The van der Waals surface area contributed by atoms with E-state index in [9.17, 15) is 22.8 Å². The second-order valence-corrected chi connectivity index (χ2v) is 8.59. The van der Waals surface area contributed by atoms with Crippen molar-refractivity contribution in [3.63, 3.8) is 0 Å². The van der Waals surface area contributed by atoms with Crippen molar-refractivity contribution in [3.05, 3.63) is 60.2 Å². The number of nitrogens with zero attached hydrogens (tertiary/aromatic N) is 1. The van der Waals surface area contributed by atoms with Gasteiger partial charge in [-0.3, -0.25) is 25.2 Å². The van der Waals surface area contributed by atoms with Crippen molar-refractivity contribution in [2.24, 2.45) is 0 Å². The highest BCUT2D eigenvalue weighted by Crippen LogP contribution is 2.14. The van der Waals surface area contributed by atoms with Gasteiger partial charge < -0.3 is 10.1 Å². The SMILES string of the molecule is Cc1ccc(S(=O)(=O)N(C)CC(=O)NNC(=O)CNC(=O)COc2ccccc2)cc1. The summed E-state index contributed by atoms with van der Waals surface area (Å²) in [5.41, 5.74) is 5.10. The number of ether oxygens (including phenoxy) is 1. The molecule has 2 aromatic rings. The van der Waals surface area contributed by atoms with Gasteiger partial charge in [-0.05, 0) is 31.2 Å². The first-order valence-corrected chi connectivity index (χ1v) is 10.7. The van der Waals surface area contributed by atoms with E-state index in [4.69, 9.17) is 4.74 Å². The Kier molecular flexibility index (Phi) is 8.53. The highest BCUT2D eigenvalue weighted by molar-refractivity contribution is 7.89. The van der Waals surface area contributed by atoms with Gasteiger partial charge in [0.2, 0.25) is 10.0 Å². The van der Waals surface area contributed by atoms with E-state index in [2.05, 4.69) is 16.2 Å². The molecule has 0 aliphatic carbocycles. The van der Waals surface area contributed by atoms with E-state index in [0.29, 0.717) is 5.75 Å². The van der Waals surface area contributed by atoms with Crippen LogP contribution in [0.4, 0.5) is 0 Å². The van der Waals surface area contributed by atoms with Crippen LogP contribution in [0.1, 0.15) is 5.56 Å². The summed E-state index contributed by atoms with van der Waals surface area (Å²) in [5.74, 6) is -1.44. The minimum atomic E-state index is -3.85. The maximum Gasteiger partial charge on any atom is 0.258 e. The fourth-order valence-electron chi connectivity index (χ4n) is 2.30. The van der Waals surface area contributed by atoms with Crippen LogP contribution in [0.5, 0.6) is 5.75 Å². The van der Waals surface area contributed by atoms with Gasteiger partial charge in [0.05, 0.1) is 18.0 Å². The number of carbonyl (C=O) groups is 3. The predicted octanol–water partition coefficient (Wildman–Crippen LogP) is -0.0419. The van der Waals surface area contributed by atoms with Crippen molar-refractivity contribution in [2.45, 2.75) is 11.8 Å². The molecule has 0 aliphatic rings. The van der Waals surface area contributed by atoms with E-state index in [1.165, 1.54) is 19.2 Å². The van der Waals surface area contributed by atoms with Crippen molar-refractivity contribution >= 4 is 27.7 Å². The second-order valence-electron chi connectivity index (χ2n) is 6.55. The molecular weight excluding hydrogens is 424 g/mol. The minimum absolute atomic E-state index is 0.0536. The van der Waals surface area contributed by atoms with E-state index in [-0.39, 0.29) is 11.5 Å². The number of amides is 3. The fraction of sp³-hybridized carbons (Fsp3) is 0.250. The number of rotatable bonds is 9. The summed E-state index contributed by atoms with van der Waals surface area (Å²) in [7, 11) is -2.60. The minimum Gasteiger partial charge on any atom is -0.484 e. The number of para-hydroxylation sites is 1. The van der Waals surface area contributed by atoms with Crippen molar-refractivity contribution < 1.29 is 27.5 Å². The number of hydrazine groups is 1. The Labute approximate surface area is 180 Å². The summed E-state index contributed by atoms with van der Waals surface area (Å²) in [6.07, 6.45) is 0. The molecule has 10 nitrogen and oxygen atoms in total. The molecule has 0 aliphatic heterocycles. The summed E-state index contributed by atoms with van der Waals surface area (Å²) < 4.78 is 31.0. The van der Waals surface area contributed by atoms with Crippen LogP contribution >= 0.6 is 0 Å². The van der Waals surface area contributed by atoms with E-state index in [1.807, 2.05) is 6.92 Å². The number of aryl methyl sites for hydroxylation is 1. The maximum absolute atomic E-state index is 12.5. The summed E-state index contributed by atoms with van der Waals surface area (Å²) in [4.78, 5) is 35.4. The number of carbonyl (C=O) groups excluding carboxylic acids is 3. The summed E-state index contributed by atoms with van der Waals surface area (Å²) in [5, 5.41) is 2.33. The van der Waals surface area contributed by atoms with Gasteiger partial charge in [-0.15, -0.1) is 0 Å². The zero-order chi connectivity index (χ0) is 22.9. The quantitative estimate of drug-likeness (QED) is 0.461. The summed E-state index contributed by atoms with van der Waals surface area (Å²) in [6, 6.07) is 14.9. The van der Waals surface area contributed by atoms with E-state index >= 15 is 0 Å². The third kappa shape index (κ3) is 7.72. The molecule has 0 saturated heterocycles. The lowest BCUT2D eigenvalue weighted by atomic mass is 10.2. The number of nitrogens with one attached hydrogen (secondary N) is 3. The first-order chi connectivity index (χ1) is 14.7. The smallest absolute Gasteiger partial charge is 0.258 e. The van der Waals surface area contributed by atoms with Gasteiger partial charge in [0.15, 0.2) is 6.61 Å². The normalized spacial score (nSPS) is 10.9. The molecule has 2 rings (SSSR count). The van der Waals surface area contributed by atoms with Crippen LogP contribution < -0.4 is 20.9 Å². The topological polar surface area (TPSA) is 134 Å². The number of sulfonamides is 1. The third-order valence-electron chi connectivity index (χ3n) is 4.00. The van der Waals surface area contributed by atoms with E-state index in [0.717, 1.165) is 9.87 Å².